The monoisotopic (exact) mass is 414 g/mol. The fourth-order valence-corrected chi connectivity index (χ4v) is 3.81. The van der Waals surface area contributed by atoms with Crippen LogP contribution < -0.4 is 4.90 Å². The predicted molar refractivity (Wildman–Crippen MR) is 122 cm³/mol. The quantitative estimate of drug-likeness (QED) is 0.372. The number of rotatable bonds is 7. The summed E-state index contributed by atoms with van der Waals surface area (Å²) in [6, 6.07) is 17.6. The number of hydrogen-bond donors (Lipinski definition) is 0. The molecule has 0 N–H and O–H groups in total. The molecule has 0 amide bonds. The number of nitrogens with zero attached hydrogens (tertiary/aromatic N) is 2. The smallest absolute Gasteiger partial charge is 0.339 e. The van der Waals surface area contributed by atoms with Gasteiger partial charge in [0.05, 0.1) is 24.1 Å². The number of Topliss-reactive ketones (excluding diaryl/α,β-unsaturated/α-hetero) is 1. The van der Waals surface area contributed by atoms with Gasteiger partial charge in [0.25, 0.3) is 0 Å². The number of para-hydroxylation sites is 1. The van der Waals surface area contributed by atoms with Crippen LogP contribution >= 0.6 is 0 Å². The van der Waals surface area contributed by atoms with E-state index in [0.717, 1.165) is 40.3 Å². The summed E-state index contributed by atoms with van der Waals surface area (Å²) in [5.41, 5.74) is 6.09. The lowest BCUT2D eigenvalue weighted by atomic mass is 10.0. The number of ether oxygens (including phenoxy) is 1. The lowest BCUT2D eigenvalue weighted by Gasteiger charge is -2.28. The van der Waals surface area contributed by atoms with Crippen LogP contribution in [0.3, 0.4) is 0 Å². The fraction of sp³-hybridized carbons (Fsp3) is 0.269. The molecule has 0 aliphatic heterocycles. The number of aryl methyl sites for hydroxylation is 1. The zero-order valence-electron chi connectivity index (χ0n) is 18.1. The van der Waals surface area contributed by atoms with Crippen molar-refractivity contribution in [3.05, 3.63) is 77.5 Å². The largest absolute Gasteiger partial charge is 0.465 e. The third-order valence-corrected chi connectivity index (χ3v) is 5.68. The maximum atomic E-state index is 12.3. The normalized spacial score (nSPS) is 13.0. The average Bonchev–Trinajstić information content (AvgIpc) is 3.61. The third-order valence-electron chi connectivity index (χ3n) is 5.68. The van der Waals surface area contributed by atoms with Crippen LogP contribution in [-0.2, 0) is 4.74 Å². The molecule has 1 heterocycles. The summed E-state index contributed by atoms with van der Waals surface area (Å²) >= 11 is 0. The molecule has 0 radical (unpaired) electrons. The molecule has 1 aliphatic rings. The van der Waals surface area contributed by atoms with Crippen LogP contribution in [0, 0.1) is 12.8 Å². The maximum absolute atomic E-state index is 12.3. The van der Waals surface area contributed by atoms with Crippen molar-refractivity contribution >= 4 is 23.1 Å². The zero-order chi connectivity index (χ0) is 22.0. The minimum absolute atomic E-state index is 0.0700. The van der Waals surface area contributed by atoms with Gasteiger partial charge < -0.3 is 9.64 Å². The Hall–Kier alpha value is -3.47. The van der Waals surface area contributed by atoms with E-state index in [9.17, 15) is 9.59 Å². The number of anilines is 2. The van der Waals surface area contributed by atoms with Gasteiger partial charge in [-0.3, -0.25) is 9.78 Å². The van der Waals surface area contributed by atoms with Gasteiger partial charge in [0, 0.05) is 29.6 Å². The van der Waals surface area contributed by atoms with Crippen molar-refractivity contribution in [2.24, 2.45) is 5.92 Å². The van der Waals surface area contributed by atoms with Gasteiger partial charge in [-0.2, -0.15) is 0 Å². The highest BCUT2D eigenvalue weighted by Gasteiger charge is 2.27. The molecule has 0 unspecified atom stereocenters. The van der Waals surface area contributed by atoms with E-state index in [1.807, 2.05) is 36.4 Å². The van der Waals surface area contributed by atoms with Gasteiger partial charge in [0.15, 0.2) is 5.78 Å². The summed E-state index contributed by atoms with van der Waals surface area (Å²) in [6.07, 6.45) is 3.99. The van der Waals surface area contributed by atoms with E-state index in [1.54, 1.807) is 13.0 Å². The Morgan fingerprint density at radius 1 is 1.06 bits per heavy atom. The fourth-order valence-electron chi connectivity index (χ4n) is 3.81. The highest BCUT2D eigenvalue weighted by atomic mass is 16.5. The summed E-state index contributed by atoms with van der Waals surface area (Å²) in [4.78, 5) is 30.6. The molecule has 1 aliphatic carbocycles. The van der Waals surface area contributed by atoms with Gasteiger partial charge in [0.2, 0.25) is 0 Å². The number of carbonyl (C=O) groups is 2. The number of benzene rings is 2. The van der Waals surface area contributed by atoms with Crippen LogP contribution in [0.15, 0.2) is 60.8 Å². The van der Waals surface area contributed by atoms with E-state index in [1.165, 1.54) is 26.1 Å². The summed E-state index contributed by atoms with van der Waals surface area (Å²) in [5.74, 6) is 0.331. The van der Waals surface area contributed by atoms with Gasteiger partial charge in [-0.1, -0.05) is 18.2 Å². The van der Waals surface area contributed by atoms with Crippen molar-refractivity contribution in [3.63, 3.8) is 0 Å². The molecule has 1 fully saturated rings. The molecule has 0 atom stereocenters. The number of pyridine rings is 1. The first kappa shape index (κ1) is 20.8. The second-order valence-corrected chi connectivity index (χ2v) is 8.05. The van der Waals surface area contributed by atoms with Crippen molar-refractivity contribution in [3.8, 4) is 11.3 Å². The number of methoxy groups -OCH3 is 1. The third kappa shape index (κ3) is 4.50. The molecule has 1 saturated carbocycles. The first-order chi connectivity index (χ1) is 15.0. The van der Waals surface area contributed by atoms with Crippen molar-refractivity contribution < 1.29 is 14.3 Å². The van der Waals surface area contributed by atoms with Crippen LogP contribution in [0.2, 0.25) is 0 Å². The number of carbonyl (C=O) groups excluding carboxylic acids is 2. The Balaban J connectivity index is 1.69. The molecule has 158 valence electrons. The Bertz CT molecular complexity index is 1120. The van der Waals surface area contributed by atoms with Crippen LogP contribution in [-0.4, -0.2) is 30.4 Å². The molecule has 5 heteroatoms. The van der Waals surface area contributed by atoms with E-state index in [0.29, 0.717) is 11.5 Å². The SMILES string of the molecule is COC(=O)c1ccc(-c2ccc(N(CC3CC3)c3ccccc3C(C)=O)c(C)c2)nc1. The van der Waals surface area contributed by atoms with Crippen LogP contribution in [0.4, 0.5) is 11.4 Å². The van der Waals surface area contributed by atoms with Gasteiger partial charge in [-0.05, 0) is 74.6 Å². The molecule has 0 spiro atoms. The standard InChI is InChI=1S/C26H26N2O3/c1-17-14-20(23-12-10-21(15-27-23)26(30)31-3)11-13-24(17)28(16-19-8-9-19)25-7-5-4-6-22(25)18(2)29/h4-7,10-15,19H,8-9,16H2,1-3H3. The number of hydrogen-bond acceptors (Lipinski definition) is 5. The van der Waals surface area contributed by atoms with E-state index in [4.69, 9.17) is 4.74 Å². The van der Waals surface area contributed by atoms with E-state index < -0.39 is 5.97 Å². The molecule has 0 saturated heterocycles. The Labute approximate surface area is 182 Å². The predicted octanol–water partition coefficient (Wildman–Crippen LogP) is 5.59. The van der Waals surface area contributed by atoms with Gasteiger partial charge in [0.1, 0.15) is 0 Å². The lowest BCUT2D eigenvalue weighted by molar-refractivity contribution is 0.0600. The minimum Gasteiger partial charge on any atom is -0.465 e. The number of aromatic nitrogens is 1. The topological polar surface area (TPSA) is 59.5 Å². The Morgan fingerprint density at radius 2 is 1.84 bits per heavy atom. The zero-order valence-corrected chi connectivity index (χ0v) is 18.1. The van der Waals surface area contributed by atoms with Gasteiger partial charge in [-0.25, -0.2) is 4.79 Å². The number of esters is 1. The molecule has 4 rings (SSSR count). The maximum Gasteiger partial charge on any atom is 0.339 e. The molecular weight excluding hydrogens is 388 g/mol. The average molecular weight is 415 g/mol. The van der Waals surface area contributed by atoms with E-state index in [-0.39, 0.29) is 5.78 Å². The van der Waals surface area contributed by atoms with Gasteiger partial charge >= 0.3 is 5.97 Å². The Morgan fingerprint density at radius 3 is 2.45 bits per heavy atom. The van der Waals surface area contributed by atoms with Crippen LogP contribution in [0.25, 0.3) is 11.3 Å². The van der Waals surface area contributed by atoms with Crippen molar-refractivity contribution in [2.45, 2.75) is 26.7 Å². The molecular formula is C26H26N2O3. The summed E-state index contributed by atoms with van der Waals surface area (Å²) in [7, 11) is 1.36. The van der Waals surface area contributed by atoms with Crippen LogP contribution in [0.1, 0.15) is 46.0 Å². The highest BCUT2D eigenvalue weighted by Crippen LogP contribution is 2.38. The molecule has 5 nitrogen and oxygen atoms in total. The number of ketones is 1. The van der Waals surface area contributed by atoms with Crippen molar-refractivity contribution in [1.82, 2.24) is 4.98 Å². The van der Waals surface area contributed by atoms with Gasteiger partial charge in [-0.15, -0.1) is 0 Å². The molecule has 3 aromatic rings. The van der Waals surface area contributed by atoms with Crippen molar-refractivity contribution in [1.29, 1.82) is 0 Å². The second-order valence-electron chi connectivity index (χ2n) is 8.05. The first-order valence-corrected chi connectivity index (χ1v) is 10.5. The Kier molecular flexibility index (Phi) is 5.85. The molecule has 2 aromatic carbocycles. The minimum atomic E-state index is -0.398. The summed E-state index contributed by atoms with van der Waals surface area (Å²) < 4.78 is 4.74. The van der Waals surface area contributed by atoms with E-state index >= 15 is 0 Å². The molecule has 0 bridgehead atoms. The van der Waals surface area contributed by atoms with Crippen LogP contribution in [0.5, 0.6) is 0 Å². The summed E-state index contributed by atoms with van der Waals surface area (Å²) in [6.45, 7) is 4.60. The second kappa shape index (κ2) is 8.72. The first-order valence-electron chi connectivity index (χ1n) is 10.5. The molecule has 1 aromatic heterocycles. The van der Waals surface area contributed by atoms with Crippen molar-refractivity contribution in [2.75, 3.05) is 18.6 Å². The molecule has 31 heavy (non-hydrogen) atoms. The lowest BCUT2D eigenvalue weighted by Crippen LogP contribution is -2.22. The summed E-state index contributed by atoms with van der Waals surface area (Å²) in [5, 5.41) is 0. The highest BCUT2D eigenvalue weighted by molar-refractivity contribution is 6.00. The van der Waals surface area contributed by atoms with E-state index in [2.05, 4.69) is 28.9 Å².